The highest BCUT2D eigenvalue weighted by Gasteiger charge is 2.24. The number of ketones is 1. The molecule has 1 fully saturated rings. The Morgan fingerprint density at radius 1 is 1.44 bits per heavy atom. The van der Waals surface area contributed by atoms with Crippen LogP contribution < -0.4 is 0 Å². The first-order valence-corrected chi connectivity index (χ1v) is 6.65. The summed E-state index contributed by atoms with van der Waals surface area (Å²) < 4.78 is 0. The molecule has 3 heteroatoms. The molecule has 0 heterocycles. The van der Waals surface area contributed by atoms with Crippen molar-refractivity contribution >= 4 is 5.78 Å². The molecule has 1 saturated carbocycles. The summed E-state index contributed by atoms with van der Waals surface area (Å²) in [5.74, 6) is 1.17. The molecule has 2 rings (SSSR count). The van der Waals surface area contributed by atoms with Crippen molar-refractivity contribution in [3.8, 4) is 5.75 Å². The van der Waals surface area contributed by atoms with Gasteiger partial charge in [-0.1, -0.05) is 6.92 Å². The topological polar surface area (TPSA) is 40.5 Å². The van der Waals surface area contributed by atoms with Gasteiger partial charge in [-0.05, 0) is 50.4 Å². The van der Waals surface area contributed by atoms with E-state index in [1.54, 1.807) is 19.1 Å². The van der Waals surface area contributed by atoms with Crippen LogP contribution in [0.25, 0.3) is 0 Å². The number of carbonyl (C=O) groups is 1. The first-order valence-electron chi connectivity index (χ1n) is 6.65. The van der Waals surface area contributed by atoms with Crippen molar-refractivity contribution in [2.75, 3.05) is 13.1 Å². The number of hydrogen-bond acceptors (Lipinski definition) is 3. The molecule has 0 saturated heterocycles. The highest BCUT2D eigenvalue weighted by atomic mass is 16.3. The molecule has 1 aliphatic rings. The number of aromatic hydroxyl groups is 1. The standard InChI is InChI=1S/C15H21NO2/c1-3-16(9-12-4-5-12)10-14-8-13(11(2)17)6-7-15(14)18/h6-8,12,18H,3-5,9-10H2,1-2H3. The number of phenols is 1. The van der Waals surface area contributed by atoms with Crippen LogP contribution in [0.1, 0.15) is 42.6 Å². The van der Waals surface area contributed by atoms with Gasteiger partial charge >= 0.3 is 0 Å². The fourth-order valence-corrected chi connectivity index (χ4v) is 2.14. The summed E-state index contributed by atoms with van der Waals surface area (Å²) in [4.78, 5) is 13.7. The second-order valence-electron chi connectivity index (χ2n) is 5.17. The lowest BCUT2D eigenvalue weighted by Gasteiger charge is -2.21. The fourth-order valence-electron chi connectivity index (χ4n) is 2.14. The Morgan fingerprint density at radius 3 is 2.72 bits per heavy atom. The monoisotopic (exact) mass is 247 g/mol. The van der Waals surface area contributed by atoms with E-state index < -0.39 is 0 Å². The van der Waals surface area contributed by atoms with Crippen molar-refractivity contribution < 1.29 is 9.90 Å². The Morgan fingerprint density at radius 2 is 2.17 bits per heavy atom. The highest BCUT2D eigenvalue weighted by Crippen LogP contribution is 2.30. The van der Waals surface area contributed by atoms with Gasteiger partial charge in [-0.25, -0.2) is 0 Å². The zero-order valence-electron chi connectivity index (χ0n) is 11.1. The van der Waals surface area contributed by atoms with Gasteiger partial charge in [0, 0.05) is 24.2 Å². The summed E-state index contributed by atoms with van der Waals surface area (Å²) in [7, 11) is 0. The lowest BCUT2D eigenvalue weighted by molar-refractivity contribution is 0.101. The lowest BCUT2D eigenvalue weighted by atomic mass is 10.1. The van der Waals surface area contributed by atoms with Gasteiger partial charge in [-0.3, -0.25) is 9.69 Å². The van der Waals surface area contributed by atoms with E-state index >= 15 is 0 Å². The van der Waals surface area contributed by atoms with Crippen molar-refractivity contribution in [1.29, 1.82) is 0 Å². The molecule has 1 N–H and O–H groups in total. The predicted molar refractivity (Wildman–Crippen MR) is 71.8 cm³/mol. The van der Waals surface area contributed by atoms with E-state index in [9.17, 15) is 9.90 Å². The van der Waals surface area contributed by atoms with Crippen LogP contribution in [0.15, 0.2) is 18.2 Å². The van der Waals surface area contributed by atoms with E-state index in [-0.39, 0.29) is 11.5 Å². The molecule has 18 heavy (non-hydrogen) atoms. The molecule has 0 spiro atoms. The van der Waals surface area contributed by atoms with Gasteiger partial charge in [0.05, 0.1) is 0 Å². The van der Waals surface area contributed by atoms with Crippen molar-refractivity contribution in [3.63, 3.8) is 0 Å². The number of phenolic OH excluding ortho intramolecular Hbond substituents is 1. The Labute approximate surface area is 108 Å². The molecule has 0 aliphatic heterocycles. The second-order valence-corrected chi connectivity index (χ2v) is 5.17. The van der Waals surface area contributed by atoms with E-state index in [1.807, 2.05) is 6.07 Å². The van der Waals surface area contributed by atoms with E-state index in [1.165, 1.54) is 12.8 Å². The summed E-state index contributed by atoms with van der Waals surface area (Å²) in [6.45, 7) is 6.48. The molecule has 0 atom stereocenters. The smallest absolute Gasteiger partial charge is 0.159 e. The third kappa shape index (κ3) is 3.33. The van der Waals surface area contributed by atoms with Gasteiger partial charge in [0.2, 0.25) is 0 Å². The molecule has 0 aromatic heterocycles. The van der Waals surface area contributed by atoms with Crippen LogP contribution in [-0.2, 0) is 6.54 Å². The van der Waals surface area contributed by atoms with Crippen LogP contribution >= 0.6 is 0 Å². The van der Waals surface area contributed by atoms with Gasteiger partial charge in [0.1, 0.15) is 5.75 Å². The molecule has 0 unspecified atom stereocenters. The Bertz CT molecular complexity index is 438. The summed E-state index contributed by atoms with van der Waals surface area (Å²) in [6, 6.07) is 5.11. The molecular weight excluding hydrogens is 226 g/mol. The molecule has 98 valence electrons. The van der Waals surface area contributed by atoms with E-state index in [4.69, 9.17) is 0 Å². The second kappa shape index (κ2) is 5.53. The number of hydrogen-bond donors (Lipinski definition) is 1. The number of carbonyl (C=O) groups excluding carboxylic acids is 1. The Hall–Kier alpha value is -1.35. The average molecular weight is 247 g/mol. The van der Waals surface area contributed by atoms with Crippen molar-refractivity contribution in [1.82, 2.24) is 4.90 Å². The molecule has 3 nitrogen and oxygen atoms in total. The van der Waals surface area contributed by atoms with Gasteiger partial charge in [-0.2, -0.15) is 0 Å². The summed E-state index contributed by atoms with van der Waals surface area (Å²) in [5, 5.41) is 9.87. The maximum Gasteiger partial charge on any atom is 0.159 e. The van der Waals surface area contributed by atoms with Crippen LogP contribution in [0.4, 0.5) is 0 Å². The minimum Gasteiger partial charge on any atom is -0.508 e. The molecule has 1 aliphatic carbocycles. The van der Waals surface area contributed by atoms with Crippen molar-refractivity contribution in [2.24, 2.45) is 5.92 Å². The predicted octanol–water partition coefficient (Wildman–Crippen LogP) is 2.83. The number of Topliss-reactive ketones (excluding diaryl/α,β-unsaturated/α-hetero) is 1. The SMILES string of the molecule is CCN(Cc1cc(C(C)=O)ccc1O)CC1CC1. The Kier molecular flexibility index (Phi) is 4.02. The molecule has 1 aromatic carbocycles. The zero-order valence-corrected chi connectivity index (χ0v) is 11.1. The van der Waals surface area contributed by atoms with Crippen LogP contribution in [0.3, 0.4) is 0 Å². The normalized spacial score (nSPS) is 15.1. The van der Waals surface area contributed by atoms with Crippen LogP contribution in [-0.4, -0.2) is 28.9 Å². The van der Waals surface area contributed by atoms with Crippen molar-refractivity contribution in [2.45, 2.75) is 33.2 Å². The van der Waals surface area contributed by atoms with E-state index in [0.717, 1.165) is 31.1 Å². The largest absolute Gasteiger partial charge is 0.508 e. The first kappa shape index (κ1) is 13.1. The molecular formula is C15H21NO2. The van der Waals surface area contributed by atoms with Crippen LogP contribution in [0, 0.1) is 5.92 Å². The fraction of sp³-hybridized carbons (Fsp3) is 0.533. The third-order valence-corrected chi connectivity index (χ3v) is 3.54. The molecule has 1 aromatic rings. The number of benzene rings is 1. The summed E-state index contributed by atoms with van der Waals surface area (Å²) in [6.07, 6.45) is 2.66. The maximum atomic E-state index is 11.4. The van der Waals surface area contributed by atoms with Gasteiger partial charge in [0.25, 0.3) is 0 Å². The average Bonchev–Trinajstić information content (AvgIpc) is 3.14. The number of nitrogens with zero attached hydrogens (tertiary/aromatic N) is 1. The molecule has 0 bridgehead atoms. The number of rotatable bonds is 6. The van der Waals surface area contributed by atoms with Gasteiger partial charge < -0.3 is 5.11 Å². The van der Waals surface area contributed by atoms with E-state index in [0.29, 0.717) is 5.56 Å². The zero-order chi connectivity index (χ0) is 13.1. The summed E-state index contributed by atoms with van der Waals surface area (Å²) in [5.41, 5.74) is 1.52. The highest BCUT2D eigenvalue weighted by molar-refractivity contribution is 5.94. The minimum atomic E-state index is 0.0430. The van der Waals surface area contributed by atoms with Crippen LogP contribution in [0.2, 0.25) is 0 Å². The third-order valence-electron chi connectivity index (χ3n) is 3.54. The lowest BCUT2D eigenvalue weighted by Crippen LogP contribution is -2.25. The van der Waals surface area contributed by atoms with Crippen molar-refractivity contribution in [3.05, 3.63) is 29.3 Å². The van der Waals surface area contributed by atoms with E-state index in [2.05, 4.69) is 11.8 Å². The first-order chi connectivity index (χ1) is 8.60. The van der Waals surface area contributed by atoms with Gasteiger partial charge in [0.15, 0.2) is 5.78 Å². The Balaban J connectivity index is 2.10. The minimum absolute atomic E-state index is 0.0430. The maximum absolute atomic E-state index is 11.4. The molecule has 0 radical (unpaired) electrons. The molecule has 0 amide bonds. The van der Waals surface area contributed by atoms with Crippen LogP contribution in [0.5, 0.6) is 5.75 Å². The van der Waals surface area contributed by atoms with Gasteiger partial charge in [-0.15, -0.1) is 0 Å². The quantitative estimate of drug-likeness (QED) is 0.786. The summed E-state index contributed by atoms with van der Waals surface area (Å²) >= 11 is 0.